The van der Waals surface area contributed by atoms with E-state index in [0.717, 1.165) is 31.7 Å². The summed E-state index contributed by atoms with van der Waals surface area (Å²) in [5.74, 6) is -1.13. The summed E-state index contributed by atoms with van der Waals surface area (Å²) in [5.41, 5.74) is 5.38. The van der Waals surface area contributed by atoms with Gasteiger partial charge in [-0.1, -0.05) is 19.3 Å². The van der Waals surface area contributed by atoms with Crippen LogP contribution in [0.3, 0.4) is 0 Å². The van der Waals surface area contributed by atoms with Gasteiger partial charge < -0.3 is 15.8 Å². The van der Waals surface area contributed by atoms with Gasteiger partial charge in [0.05, 0.1) is 16.2 Å². The van der Waals surface area contributed by atoms with E-state index in [1.54, 1.807) is 0 Å². The first-order chi connectivity index (χ1) is 11.4. The van der Waals surface area contributed by atoms with Gasteiger partial charge in [0.2, 0.25) is 0 Å². The number of ether oxygens (including phenoxy) is 1. The van der Waals surface area contributed by atoms with E-state index in [-0.39, 0.29) is 28.9 Å². The number of nitrogens with one attached hydrogen (secondary N) is 1. The molecule has 1 aromatic carbocycles. The third-order valence-corrected chi connectivity index (χ3v) is 4.07. The van der Waals surface area contributed by atoms with E-state index in [1.807, 2.05) is 0 Å². The van der Waals surface area contributed by atoms with E-state index < -0.39 is 17.0 Å². The second-order valence-electron chi connectivity index (χ2n) is 5.92. The lowest BCUT2D eigenvalue weighted by Gasteiger charge is -2.24. The molecule has 0 heterocycles. The van der Waals surface area contributed by atoms with Crippen LogP contribution in [0.25, 0.3) is 0 Å². The molecular formula is C16H21N3O5. The average Bonchev–Trinajstić information content (AvgIpc) is 2.55. The highest BCUT2D eigenvalue weighted by Crippen LogP contribution is 2.21. The summed E-state index contributed by atoms with van der Waals surface area (Å²) in [6.45, 7) is 1.48. The number of nitrogens with two attached hydrogens (primary N) is 1. The van der Waals surface area contributed by atoms with Crippen molar-refractivity contribution in [1.82, 2.24) is 5.32 Å². The Morgan fingerprint density at radius 2 is 2.00 bits per heavy atom. The van der Waals surface area contributed by atoms with Crippen molar-refractivity contribution in [2.45, 2.75) is 51.2 Å². The lowest BCUT2D eigenvalue weighted by atomic mass is 9.95. The Morgan fingerprint density at radius 1 is 1.33 bits per heavy atom. The molecule has 130 valence electrons. The third kappa shape index (κ3) is 4.43. The molecule has 0 saturated heterocycles. The summed E-state index contributed by atoms with van der Waals surface area (Å²) in [6.07, 6.45) is 4.24. The molecule has 24 heavy (non-hydrogen) atoms. The number of nitro groups is 1. The van der Waals surface area contributed by atoms with Crippen molar-refractivity contribution in [1.29, 1.82) is 0 Å². The maximum atomic E-state index is 12.1. The first kappa shape index (κ1) is 17.7. The number of anilines is 1. The Bertz CT molecular complexity index is 641. The number of rotatable bonds is 5. The van der Waals surface area contributed by atoms with Crippen LogP contribution in [0.2, 0.25) is 0 Å². The van der Waals surface area contributed by atoms with Gasteiger partial charge in [0.1, 0.15) is 0 Å². The molecule has 3 N–H and O–H groups in total. The molecular weight excluding hydrogens is 314 g/mol. The number of nitrogen functional groups attached to an aromatic ring is 1. The van der Waals surface area contributed by atoms with Crippen LogP contribution in [0.1, 0.15) is 49.4 Å². The van der Waals surface area contributed by atoms with Crippen LogP contribution in [-0.4, -0.2) is 28.9 Å². The van der Waals surface area contributed by atoms with Crippen LogP contribution in [-0.2, 0) is 9.53 Å². The molecule has 8 heteroatoms. The maximum absolute atomic E-state index is 12.1. The van der Waals surface area contributed by atoms with E-state index in [4.69, 9.17) is 10.5 Å². The molecule has 1 aliphatic rings. The van der Waals surface area contributed by atoms with E-state index in [1.165, 1.54) is 25.5 Å². The Hall–Kier alpha value is -2.64. The molecule has 0 aliphatic heterocycles. The quantitative estimate of drug-likeness (QED) is 0.368. The Morgan fingerprint density at radius 3 is 2.58 bits per heavy atom. The topological polar surface area (TPSA) is 125 Å². The van der Waals surface area contributed by atoms with Crippen LogP contribution in [0.4, 0.5) is 11.4 Å². The summed E-state index contributed by atoms with van der Waals surface area (Å²) in [5, 5.41) is 13.5. The van der Waals surface area contributed by atoms with Crippen LogP contribution in [0.15, 0.2) is 18.2 Å². The number of carbonyl (C=O) groups excluding carboxylic acids is 2. The first-order valence-electron chi connectivity index (χ1n) is 7.93. The number of benzene rings is 1. The van der Waals surface area contributed by atoms with E-state index in [9.17, 15) is 19.7 Å². The number of hydrogen-bond donors (Lipinski definition) is 2. The highest BCUT2D eigenvalue weighted by atomic mass is 16.6. The van der Waals surface area contributed by atoms with Crippen molar-refractivity contribution in [2.24, 2.45) is 0 Å². The van der Waals surface area contributed by atoms with Crippen molar-refractivity contribution in [3.05, 3.63) is 33.9 Å². The number of nitrogens with zero attached hydrogens (tertiary/aromatic N) is 1. The molecule has 8 nitrogen and oxygen atoms in total. The SMILES string of the molecule is CC(OC(=O)c1ccc([N+](=O)[O-])cc1N)C(=O)NC1CCCCC1. The average molecular weight is 335 g/mol. The number of esters is 1. The zero-order valence-electron chi connectivity index (χ0n) is 13.5. The summed E-state index contributed by atoms with van der Waals surface area (Å²) in [6, 6.07) is 3.60. The van der Waals surface area contributed by atoms with Gasteiger partial charge in [0, 0.05) is 18.2 Å². The number of non-ortho nitro benzene ring substituents is 1. The van der Waals surface area contributed by atoms with Crippen LogP contribution < -0.4 is 11.1 Å². The molecule has 0 aromatic heterocycles. The number of carbonyl (C=O) groups is 2. The smallest absolute Gasteiger partial charge is 0.341 e. The number of amides is 1. The zero-order valence-corrected chi connectivity index (χ0v) is 13.5. The Kier molecular flexibility index (Phi) is 5.73. The fourth-order valence-corrected chi connectivity index (χ4v) is 2.69. The predicted octanol–water partition coefficient (Wildman–Crippen LogP) is 2.17. The molecule has 1 atom stereocenters. The fraction of sp³-hybridized carbons (Fsp3) is 0.500. The minimum Gasteiger partial charge on any atom is -0.449 e. The maximum Gasteiger partial charge on any atom is 0.341 e. The summed E-state index contributed by atoms with van der Waals surface area (Å²) < 4.78 is 5.12. The van der Waals surface area contributed by atoms with Gasteiger partial charge in [-0.3, -0.25) is 14.9 Å². The van der Waals surface area contributed by atoms with Crippen molar-refractivity contribution < 1.29 is 19.2 Å². The molecule has 0 spiro atoms. The highest BCUT2D eigenvalue weighted by molar-refractivity contribution is 5.97. The lowest BCUT2D eigenvalue weighted by Crippen LogP contribution is -2.42. The third-order valence-electron chi connectivity index (χ3n) is 4.07. The fourth-order valence-electron chi connectivity index (χ4n) is 2.69. The van der Waals surface area contributed by atoms with Gasteiger partial charge in [0.15, 0.2) is 6.10 Å². The standard InChI is InChI=1S/C16H21N3O5/c1-10(15(20)18-11-5-3-2-4-6-11)24-16(21)13-8-7-12(19(22)23)9-14(13)17/h7-11H,2-6,17H2,1H3,(H,18,20). The molecule has 1 amide bonds. The Labute approximate surface area is 139 Å². The van der Waals surface area contributed by atoms with Crippen molar-refractivity contribution in [2.75, 3.05) is 5.73 Å². The molecule has 1 unspecified atom stereocenters. The van der Waals surface area contributed by atoms with Gasteiger partial charge in [-0.15, -0.1) is 0 Å². The van der Waals surface area contributed by atoms with Gasteiger partial charge in [-0.2, -0.15) is 0 Å². The van der Waals surface area contributed by atoms with Crippen molar-refractivity contribution >= 4 is 23.3 Å². The van der Waals surface area contributed by atoms with E-state index in [0.29, 0.717) is 0 Å². The van der Waals surface area contributed by atoms with Crippen LogP contribution in [0, 0.1) is 10.1 Å². The molecule has 1 aliphatic carbocycles. The lowest BCUT2D eigenvalue weighted by molar-refractivity contribution is -0.384. The molecule has 1 aromatic rings. The van der Waals surface area contributed by atoms with E-state index >= 15 is 0 Å². The predicted molar refractivity (Wildman–Crippen MR) is 87.4 cm³/mol. The molecule has 2 rings (SSSR count). The number of hydrogen-bond acceptors (Lipinski definition) is 6. The molecule has 0 bridgehead atoms. The van der Waals surface area contributed by atoms with E-state index in [2.05, 4.69) is 5.32 Å². The van der Waals surface area contributed by atoms with Gasteiger partial charge in [-0.05, 0) is 25.8 Å². The summed E-state index contributed by atoms with van der Waals surface area (Å²) in [4.78, 5) is 34.3. The zero-order chi connectivity index (χ0) is 17.7. The minimum absolute atomic E-state index is 0.00193. The molecule has 1 fully saturated rings. The second kappa shape index (κ2) is 7.76. The number of nitro benzene ring substituents is 1. The minimum atomic E-state index is -0.964. The largest absolute Gasteiger partial charge is 0.449 e. The van der Waals surface area contributed by atoms with Gasteiger partial charge >= 0.3 is 5.97 Å². The van der Waals surface area contributed by atoms with Gasteiger partial charge in [0.25, 0.3) is 11.6 Å². The normalized spacial score (nSPS) is 16.2. The first-order valence-corrected chi connectivity index (χ1v) is 7.93. The summed E-state index contributed by atoms with van der Waals surface area (Å²) in [7, 11) is 0. The second-order valence-corrected chi connectivity index (χ2v) is 5.92. The summed E-state index contributed by atoms with van der Waals surface area (Å²) >= 11 is 0. The van der Waals surface area contributed by atoms with Crippen LogP contribution in [0.5, 0.6) is 0 Å². The Balaban J connectivity index is 1.95. The molecule has 0 radical (unpaired) electrons. The van der Waals surface area contributed by atoms with Crippen molar-refractivity contribution in [3.63, 3.8) is 0 Å². The van der Waals surface area contributed by atoms with Crippen LogP contribution >= 0.6 is 0 Å². The monoisotopic (exact) mass is 335 g/mol. The highest BCUT2D eigenvalue weighted by Gasteiger charge is 2.24. The molecule has 1 saturated carbocycles. The van der Waals surface area contributed by atoms with Gasteiger partial charge in [-0.25, -0.2) is 4.79 Å². The van der Waals surface area contributed by atoms with Crippen molar-refractivity contribution in [3.8, 4) is 0 Å².